The number of alkyl halides is 2. The quantitative estimate of drug-likeness (QED) is 0.0137. The maximum atomic E-state index is 16.2. The van der Waals surface area contributed by atoms with Crippen molar-refractivity contribution in [3.63, 3.8) is 0 Å². The Kier molecular flexibility index (Phi) is 35.8. The average Bonchev–Trinajstić information content (AvgIpc) is 1.56. The molecule has 0 spiro atoms. The second-order valence-corrected chi connectivity index (χ2v) is 47.7. The largest absolute Gasteiger partial charge is 0.506 e. The number of nitrogens with two attached hydrogens (primary N) is 1. The van der Waals surface area contributed by atoms with E-state index in [1.54, 1.807) is 106 Å². The Morgan fingerprint density at radius 1 is 0.568 bits per heavy atom. The number of fused-ring (bicyclic) bond motifs is 8. The third kappa shape index (κ3) is 24.0. The molecule has 17 atom stereocenters. The molecule has 48 heteroatoms. The second-order valence-electron chi connectivity index (χ2n) is 37.2. The van der Waals surface area contributed by atoms with Crippen LogP contribution in [0.25, 0.3) is 44.7 Å². The lowest BCUT2D eigenvalue weighted by molar-refractivity contribution is -0.378. The highest BCUT2D eigenvalue weighted by Crippen LogP contribution is 2.55. The Morgan fingerprint density at radius 3 is 1.32 bits per heavy atom. The zero-order valence-corrected chi connectivity index (χ0v) is 83.4. The number of halogens is 2. The first-order valence-electron chi connectivity index (χ1n) is 45.6. The average molecular weight is 1990 g/mol. The predicted molar refractivity (Wildman–Crippen MR) is 515 cm³/mol. The van der Waals surface area contributed by atoms with Crippen molar-refractivity contribution in [3.05, 3.63) is 161 Å². The number of hydrogen-bond acceptors (Lipinski definition) is 31. The molecule has 4 bridgehead atoms. The van der Waals surface area contributed by atoms with Gasteiger partial charge in [0.05, 0.1) is 63.9 Å². The zero-order chi connectivity index (χ0) is 100. The number of ether oxygens (including phenoxy) is 7. The zero-order valence-electron chi connectivity index (χ0n) is 80.5. The number of aromatic nitrogens is 17. The van der Waals surface area contributed by atoms with Crippen LogP contribution >= 0.6 is 8.60 Å². The van der Waals surface area contributed by atoms with Gasteiger partial charge in [0.25, 0.3) is 22.9 Å². The first kappa shape index (κ1) is 108. The minimum absolute atomic E-state index is 0. The Balaban J connectivity index is 0.000000202. The number of nitrogens with one attached hydrogen (secondary N) is 7. The number of rotatable bonds is 26. The van der Waals surface area contributed by atoms with Crippen LogP contribution in [0.3, 0.4) is 0 Å². The third-order valence-electron chi connectivity index (χ3n) is 24.7. The highest BCUT2D eigenvalue weighted by molar-refractivity contribution is 7.40. The molecule has 17 rings (SSSR count). The standard InChI is InChI=1S/C39H50FN10O10PSi.C24H31N5O5Si.C16H20FN5O6.C5H5N.C4H10.C2H7N.CH4/c1-9-22-23(40)26(35(57-22)50-19-44-25-31(50)46-37(48-34(25)53)47-32(51)20(2)3)59-61(54)56-16-39-15-55-27(28(39)60-62(7,8)38(4,5)6)36(58-39)49-18-43-24-29(41-17-42-30(24)49)45-33(52)21-13-11-10-12-14-21;1-23(2,3)35(4,5)34-18-17-22(33-24(18,11-30)12-32-17)29-14-27-16-19(25-13-26-20(16)29)28-21(31)15-9-7-6-8-10-15;1-4-7-8(17)10(28-16(25)26)14(27-7)22-5-18-9-11(22)19-15(21-13(9)24)20-12(23)6(2)3;1-2-4-6-5-3-1;1-3-4-2;1-2-3;/h10-14,17-20,22-23,26-28,35-36,54H,9,15-16H2,1-8H3,(H,41,42,45,52)(H2,46,47,48,51,53);6-10,13-14,17-18,22,30H,11-12H2,1-5H3,(H,25,26,28,31);5-8,10,14H,4H2,1-3H3,(H,25,26)(H2,19,20,21,23,24);1-5H;3-4H2,1-2H3;2-3H2,1H3;1H4/p+1/t22-,23+,26-,27-,28+,35-,36-,39-,61?;17-,18+,22-,24+;7-,8+,10-,14-;;;;/m111..../s1. The van der Waals surface area contributed by atoms with E-state index in [0.29, 0.717) is 39.3 Å². The van der Waals surface area contributed by atoms with Crippen LogP contribution in [0.1, 0.15) is 183 Å². The first-order valence-corrected chi connectivity index (χ1v) is 52.5. The van der Waals surface area contributed by atoms with E-state index in [1.165, 1.54) is 53.6 Å². The van der Waals surface area contributed by atoms with Crippen LogP contribution in [-0.2, 0) is 60.6 Å². The van der Waals surface area contributed by atoms with Gasteiger partial charge in [-0.15, -0.1) is 0 Å². The number of aliphatic hydroxyl groups is 1. The Morgan fingerprint density at radius 2 is 0.950 bits per heavy atom. The number of aliphatic hydroxyl groups excluding tert-OH is 1. The molecule has 4 amide bonds. The highest BCUT2D eigenvalue weighted by atomic mass is 31.2. The summed E-state index contributed by atoms with van der Waals surface area (Å²) in [4.78, 5) is 149. The number of carbonyl (C=O) groups excluding carboxylic acids is 4. The van der Waals surface area contributed by atoms with Gasteiger partial charge in [0.2, 0.25) is 23.7 Å². The maximum absolute atomic E-state index is 16.2. The topological polar surface area (TPSA) is 550 Å². The number of carboxylic acid groups (broad SMARTS) is 1. The van der Waals surface area contributed by atoms with Crippen molar-refractivity contribution in [1.29, 1.82) is 0 Å². The summed E-state index contributed by atoms with van der Waals surface area (Å²) in [7, 11) is -7.49. The van der Waals surface area contributed by atoms with Gasteiger partial charge in [0, 0.05) is 35.1 Å². The van der Waals surface area contributed by atoms with E-state index in [4.69, 9.17) is 57.2 Å². The maximum Gasteiger partial charge on any atom is 0.506 e. The van der Waals surface area contributed by atoms with Crippen molar-refractivity contribution in [3.8, 4) is 0 Å². The van der Waals surface area contributed by atoms with Crippen molar-refractivity contribution < 1.29 is 104 Å². The molecule has 6 aliphatic rings. The summed E-state index contributed by atoms with van der Waals surface area (Å²) in [6.45, 7) is 38.3. The molecular weight excluding hydrogens is 1860 g/mol. The van der Waals surface area contributed by atoms with Gasteiger partial charge in [0.1, 0.15) is 54.4 Å². The lowest BCUT2D eigenvalue weighted by Gasteiger charge is -2.40. The van der Waals surface area contributed by atoms with Gasteiger partial charge in [0.15, 0.2) is 129 Å². The fraction of sp³-hybridized carbons (Fsp3) is 0.538. The minimum Gasteiger partial charge on any atom is -0.450 e. The second kappa shape index (κ2) is 46.0. The third-order valence-corrected chi connectivity index (χ3v) is 34.4. The number of imidazole rings is 4. The van der Waals surface area contributed by atoms with Gasteiger partial charge < -0.3 is 82.5 Å². The Bertz CT molecular complexity index is 6090. The summed E-state index contributed by atoms with van der Waals surface area (Å²) < 4.78 is 105. The molecule has 43 nitrogen and oxygen atoms in total. The molecule has 1 unspecified atom stereocenters. The van der Waals surface area contributed by atoms with Crippen LogP contribution in [-0.4, -0.2) is 245 Å². The van der Waals surface area contributed by atoms with E-state index in [9.17, 15) is 48.0 Å². The summed E-state index contributed by atoms with van der Waals surface area (Å²) >= 11 is 0. The smallest absolute Gasteiger partial charge is 0.450 e. The molecule has 0 radical (unpaired) electrons. The number of benzene rings is 2. The number of nitrogens with zero attached hydrogens (tertiary/aromatic N) is 14. The lowest BCUT2D eigenvalue weighted by Crippen LogP contribution is -2.53. The Hall–Kier alpha value is -11.3. The SMILES string of the molecule is C.CC(C)(C)[Si](C)(C)O[C@H]1[C@H]2OC[C@]1(CO)O[C@H]2n1cnc2c(NC(=O)c3ccccc3)ncnc21.CCCC.CCN.CC[C@H]1O[C@@H](n2cnc3c(=O)[nH]c(NC(=O)C(C)C)nc32)[C@H](OC(=O)O)[C@H]1F.CC[C@H]1O[C@@H](n2cnc3c(=O)[nH]c(NC(=O)C(C)C)nc32)[C@H](OP(O)OC[C@@]23CO[C@@H]([C@H](n4cnc5c(NC(=O)c6ccccc6)ncnc54)O2)[C@@H]3O[Si](C)(C)C(C)(C)C)[C@H]1F.c1cc[nH+]cc1. The number of pyridine rings is 1. The molecule has 2 aromatic carbocycles. The summed E-state index contributed by atoms with van der Waals surface area (Å²) in [6.07, 6.45) is -0.715. The number of amides is 4. The number of H-pyrrole nitrogens is 3. The van der Waals surface area contributed by atoms with E-state index in [2.05, 4.69) is 172 Å². The van der Waals surface area contributed by atoms with E-state index < -0.39 is 146 Å². The fourth-order valence-corrected chi connectivity index (χ4v) is 18.4. The molecule has 0 aliphatic carbocycles. The number of anilines is 4. The van der Waals surface area contributed by atoms with Gasteiger partial charge in [-0.1, -0.05) is 167 Å². The van der Waals surface area contributed by atoms with E-state index in [1.807, 2.05) is 49.6 Å². The van der Waals surface area contributed by atoms with Gasteiger partial charge >= 0.3 is 14.8 Å². The van der Waals surface area contributed by atoms with Crippen LogP contribution in [0.2, 0.25) is 36.3 Å². The molecule has 139 heavy (non-hydrogen) atoms. The van der Waals surface area contributed by atoms with Crippen LogP contribution in [0.15, 0.2) is 139 Å². The van der Waals surface area contributed by atoms with Gasteiger partial charge in [-0.3, -0.25) is 67.6 Å². The molecule has 6 fully saturated rings. The minimum atomic E-state index is -2.81. The number of carbonyl (C=O) groups is 5. The molecule has 754 valence electrons. The van der Waals surface area contributed by atoms with Crippen LogP contribution < -0.4 is 43.1 Å². The fourth-order valence-electron chi connectivity index (χ4n) is 14.9. The summed E-state index contributed by atoms with van der Waals surface area (Å²) in [5.41, 5.74) is 3.77. The van der Waals surface area contributed by atoms with Crippen molar-refractivity contribution in [2.75, 3.05) is 54.2 Å². The number of hydrogen-bond donors (Lipinski definition) is 10. The van der Waals surface area contributed by atoms with Gasteiger partial charge in [-0.05, 0) is 79.9 Å². The summed E-state index contributed by atoms with van der Waals surface area (Å²) in [5.74, 6) is -1.89. The Labute approximate surface area is 804 Å². The van der Waals surface area contributed by atoms with E-state index >= 15 is 4.39 Å². The monoisotopic (exact) mass is 1990 g/mol. The van der Waals surface area contributed by atoms with Crippen molar-refractivity contribution >= 4 is 123 Å². The molecule has 6 saturated heterocycles. The molecule has 6 aliphatic heterocycles. The van der Waals surface area contributed by atoms with Crippen molar-refractivity contribution in [1.82, 2.24) is 78.1 Å². The molecule has 9 aromatic heterocycles. The summed E-state index contributed by atoms with van der Waals surface area (Å²) in [6, 6.07) is 23.5. The highest BCUT2D eigenvalue weighted by Gasteiger charge is 2.67. The van der Waals surface area contributed by atoms with Crippen molar-refractivity contribution in [2.45, 2.75) is 271 Å². The normalized spacial score (nSPS) is 24.2. The van der Waals surface area contributed by atoms with Gasteiger partial charge in [-0.25, -0.2) is 58.4 Å². The van der Waals surface area contributed by atoms with E-state index in [-0.39, 0.29) is 126 Å². The van der Waals surface area contributed by atoms with Crippen LogP contribution in [0, 0.1) is 11.8 Å². The summed E-state index contributed by atoms with van der Waals surface area (Å²) in [5, 5.41) is 29.7. The van der Waals surface area contributed by atoms with Gasteiger partial charge in [-0.2, -0.15) is 9.97 Å². The van der Waals surface area contributed by atoms with E-state index in [0.717, 1.165) is 6.54 Å². The van der Waals surface area contributed by atoms with Crippen LogP contribution in [0.5, 0.6) is 0 Å². The van der Waals surface area contributed by atoms with Crippen LogP contribution in [0.4, 0.5) is 37.1 Å². The predicted octanol–water partition coefficient (Wildman–Crippen LogP) is 12.6. The molecule has 12 N–H and O–H groups in total. The molecule has 0 saturated carbocycles. The molecule has 11 aromatic rings. The molecule has 15 heterocycles. The van der Waals surface area contributed by atoms with Crippen molar-refractivity contribution in [2.24, 2.45) is 17.6 Å². The number of aromatic amines is 3. The number of unbranched alkanes of at least 4 members (excludes halogenated alkanes) is 1. The first-order chi connectivity index (χ1) is 65.5. The lowest BCUT2D eigenvalue weighted by atomic mass is 10.0. The molecular formula is C91H128F2N22O21PSi2+.